The van der Waals surface area contributed by atoms with Crippen molar-refractivity contribution in [2.75, 3.05) is 13.1 Å². The van der Waals surface area contributed by atoms with Gasteiger partial charge in [0.25, 0.3) is 0 Å². The lowest BCUT2D eigenvalue weighted by Crippen LogP contribution is -2.54. The fourth-order valence-corrected chi connectivity index (χ4v) is 4.33. The number of hydrogen-bond donors (Lipinski definition) is 2. The lowest BCUT2D eigenvalue weighted by Gasteiger charge is -2.36. The van der Waals surface area contributed by atoms with E-state index in [4.69, 9.17) is 4.74 Å². The molecule has 0 spiro atoms. The Hall–Kier alpha value is -2.05. The normalized spacial score (nSPS) is 19.2. The van der Waals surface area contributed by atoms with Crippen molar-refractivity contribution in [3.8, 4) is 5.75 Å². The van der Waals surface area contributed by atoms with Crippen LogP contribution in [0.4, 0.5) is 0 Å². The summed E-state index contributed by atoms with van der Waals surface area (Å²) in [6.45, 7) is 2.15. The quantitative estimate of drug-likeness (QED) is 0.754. The molecular weight excluding hydrogens is 388 g/mol. The van der Waals surface area contributed by atoms with Crippen molar-refractivity contribution in [3.63, 3.8) is 0 Å². The molecule has 1 aliphatic carbocycles. The van der Waals surface area contributed by atoms with Crippen molar-refractivity contribution in [1.29, 1.82) is 0 Å². The number of rotatable bonds is 6. The first-order valence-electron chi connectivity index (χ1n) is 10.5. The van der Waals surface area contributed by atoms with Crippen LogP contribution in [-0.2, 0) is 16.9 Å². The average Bonchev–Trinajstić information content (AvgIpc) is 3.30. The van der Waals surface area contributed by atoms with Crippen LogP contribution in [0.15, 0.2) is 42.7 Å². The van der Waals surface area contributed by atoms with Crippen LogP contribution >= 0.6 is 12.4 Å². The van der Waals surface area contributed by atoms with Gasteiger partial charge < -0.3 is 15.4 Å². The van der Waals surface area contributed by atoms with Gasteiger partial charge in [0.2, 0.25) is 5.91 Å². The summed E-state index contributed by atoms with van der Waals surface area (Å²) in [4.78, 5) is 13.1. The Labute approximate surface area is 178 Å². The molecule has 4 rings (SSSR count). The maximum atomic E-state index is 13.1. The van der Waals surface area contributed by atoms with E-state index in [0.29, 0.717) is 12.6 Å². The molecule has 7 heteroatoms. The second-order valence-corrected chi connectivity index (χ2v) is 7.94. The van der Waals surface area contributed by atoms with Gasteiger partial charge in [-0.1, -0.05) is 18.6 Å². The summed E-state index contributed by atoms with van der Waals surface area (Å²) in [5, 5.41) is 10.8. The molecule has 1 aliphatic heterocycles. The number of aromatic nitrogens is 2. The Morgan fingerprint density at radius 3 is 2.55 bits per heavy atom. The second kappa shape index (κ2) is 10.1. The number of nitrogens with zero attached hydrogens (tertiary/aromatic N) is 2. The van der Waals surface area contributed by atoms with Crippen molar-refractivity contribution < 1.29 is 9.53 Å². The zero-order valence-corrected chi connectivity index (χ0v) is 17.6. The van der Waals surface area contributed by atoms with Gasteiger partial charge in [0, 0.05) is 18.9 Å². The molecule has 1 aromatic carbocycles. The van der Waals surface area contributed by atoms with Crippen molar-refractivity contribution in [1.82, 2.24) is 20.4 Å². The number of hydrogen-bond acceptors (Lipinski definition) is 4. The van der Waals surface area contributed by atoms with E-state index in [9.17, 15) is 4.79 Å². The van der Waals surface area contributed by atoms with Crippen LogP contribution in [0.5, 0.6) is 5.75 Å². The van der Waals surface area contributed by atoms with Crippen LogP contribution in [0.3, 0.4) is 0 Å². The van der Waals surface area contributed by atoms with Crippen LogP contribution in [-0.4, -0.2) is 34.9 Å². The summed E-state index contributed by atoms with van der Waals surface area (Å²) in [5.41, 5.74) is 0.479. The third-order valence-electron chi connectivity index (χ3n) is 6.03. The molecule has 1 aromatic heterocycles. The second-order valence-electron chi connectivity index (χ2n) is 7.94. The number of piperidine rings is 1. The molecule has 0 unspecified atom stereocenters. The largest absolute Gasteiger partial charge is 0.490 e. The highest BCUT2D eigenvalue weighted by atomic mass is 35.5. The lowest BCUT2D eigenvalue weighted by molar-refractivity contribution is -0.132. The van der Waals surface area contributed by atoms with Gasteiger partial charge in [0.05, 0.1) is 6.10 Å². The lowest BCUT2D eigenvalue weighted by atomic mass is 9.87. The first-order valence-corrected chi connectivity index (χ1v) is 10.5. The number of amides is 1. The maximum absolute atomic E-state index is 13.1. The van der Waals surface area contributed by atoms with E-state index in [1.54, 1.807) is 6.20 Å². The van der Waals surface area contributed by atoms with Crippen LogP contribution in [0.25, 0.3) is 0 Å². The standard InChI is InChI=1S/C22H30N4O2.ClH/c27-21(22(11-14-23-15-12-22)26-16-4-13-25-26)24-17-18-7-9-20(10-8-18)28-19-5-2-1-3-6-19;/h4,7-10,13,16,19,23H,1-3,5-6,11-12,14-15,17H2,(H,24,27);1H. The van der Waals surface area contributed by atoms with Crippen molar-refractivity contribution in [2.45, 2.75) is 63.1 Å². The average molecular weight is 419 g/mol. The SMILES string of the molecule is Cl.O=C(NCc1ccc(OC2CCCCC2)cc1)C1(n2cccn2)CCNCC1. The molecular formula is C22H31ClN4O2. The van der Waals surface area contributed by atoms with E-state index in [-0.39, 0.29) is 18.3 Å². The Morgan fingerprint density at radius 2 is 1.90 bits per heavy atom. The maximum Gasteiger partial charge on any atom is 0.248 e. The monoisotopic (exact) mass is 418 g/mol. The molecule has 0 radical (unpaired) electrons. The summed E-state index contributed by atoms with van der Waals surface area (Å²) in [7, 11) is 0. The smallest absolute Gasteiger partial charge is 0.248 e. The molecule has 6 nitrogen and oxygen atoms in total. The van der Waals surface area contributed by atoms with Crippen molar-refractivity contribution in [3.05, 3.63) is 48.3 Å². The number of carbonyl (C=O) groups excluding carboxylic acids is 1. The summed E-state index contributed by atoms with van der Waals surface area (Å²) in [6, 6.07) is 10.00. The minimum Gasteiger partial charge on any atom is -0.490 e. The predicted molar refractivity (Wildman–Crippen MR) is 115 cm³/mol. The van der Waals surface area contributed by atoms with Gasteiger partial charge in [-0.15, -0.1) is 12.4 Å². The molecule has 1 saturated carbocycles. The van der Waals surface area contributed by atoms with E-state index >= 15 is 0 Å². The Kier molecular flexibility index (Phi) is 7.56. The number of benzene rings is 1. The summed E-state index contributed by atoms with van der Waals surface area (Å²) in [5.74, 6) is 0.966. The van der Waals surface area contributed by atoms with Gasteiger partial charge >= 0.3 is 0 Å². The summed E-state index contributed by atoms with van der Waals surface area (Å²) >= 11 is 0. The molecule has 29 heavy (non-hydrogen) atoms. The van der Waals surface area contributed by atoms with E-state index < -0.39 is 5.54 Å². The van der Waals surface area contributed by atoms with Gasteiger partial charge in [-0.25, -0.2) is 0 Å². The molecule has 0 atom stereocenters. The van der Waals surface area contributed by atoms with Crippen molar-refractivity contribution >= 4 is 18.3 Å². The molecule has 2 heterocycles. The van der Waals surface area contributed by atoms with E-state index in [1.807, 2.05) is 41.2 Å². The van der Waals surface area contributed by atoms with Gasteiger partial charge in [0.1, 0.15) is 11.3 Å². The molecule has 1 saturated heterocycles. The van der Waals surface area contributed by atoms with Crippen molar-refractivity contribution in [2.24, 2.45) is 0 Å². The van der Waals surface area contributed by atoms with Crippen LogP contribution < -0.4 is 15.4 Å². The van der Waals surface area contributed by atoms with Gasteiger partial charge in [-0.2, -0.15) is 5.10 Å². The number of ether oxygens (including phenoxy) is 1. The van der Waals surface area contributed by atoms with Gasteiger partial charge in [-0.3, -0.25) is 9.48 Å². The molecule has 2 fully saturated rings. The topological polar surface area (TPSA) is 68.2 Å². The molecule has 2 aliphatic rings. The molecule has 1 amide bonds. The molecule has 0 bridgehead atoms. The third-order valence-corrected chi connectivity index (χ3v) is 6.03. The fourth-order valence-electron chi connectivity index (χ4n) is 4.33. The first kappa shape index (κ1) is 21.7. The van der Waals surface area contributed by atoms with E-state index in [1.165, 1.54) is 19.3 Å². The number of carbonyl (C=O) groups is 1. The van der Waals surface area contributed by atoms with Crippen LogP contribution in [0.2, 0.25) is 0 Å². The molecule has 158 valence electrons. The molecule has 2 aromatic rings. The van der Waals surface area contributed by atoms with Crippen LogP contribution in [0.1, 0.15) is 50.5 Å². The highest BCUT2D eigenvalue weighted by Crippen LogP contribution is 2.27. The number of nitrogens with one attached hydrogen (secondary N) is 2. The fraction of sp³-hybridized carbons (Fsp3) is 0.545. The van der Waals surface area contributed by atoms with Gasteiger partial charge in [0.15, 0.2) is 0 Å². The van der Waals surface area contributed by atoms with E-state index in [0.717, 1.165) is 50.1 Å². The first-order chi connectivity index (χ1) is 13.8. The zero-order chi connectivity index (χ0) is 19.2. The highest BCUT2D eigenvalue weighted by Gasteiger charge is 2.41. The summed E-state index contributed by atoms with van der Waals surface area (Å²) < 4.78 is 7.91. The van der Waals surface area contributed by atoms with E-state index in [2.05, 4.69) is 15.7 Å². The van der Waals surface area contributed by atoms with Crippen LogP contribution in [0, 0.1) is 0 Å². The molecule has 2 N–H and O–H groups in total. The Balaban J connectivity index is 0.00000240. The van der Waals surface area contributed by atoms with Gasteiger partial charge in [-0.05, 0) is 75.4 Å². The minimum absolute atomic E-state index is 0. The minimum atomic E-state index is -0.598. The Morgan fingerprint density at radius 1 is 1.17 bits per heavy atom. The third kappa shape index (κ3) is 5.11. The zero-order valence-electron chi connectivity index (χ0n) is 16.8. The summed E-state index contributed by atoms with van der Waals surface area (Å²) in [6.07, 6.45) is 11.6. The Bertz CT molecular complexity index is 752. The number of halogens is 1. The predicted octanol–water partition coefficient (Wildman–Crippen LogP) is 3.41. The highest BCUT2D eigenvalue weighted by molar-refractivity contribution is 5.85.